The van der Waals surface area contributed by atoms with Crippen molar-refractivity contribution in [3.05, 3.63) is 0 Å². The van der Waals surface area contributed by atoms with Crippen LogP contribution in [0.15, 0.2) is 0 Å². The molecule has 0 aromatic rings. The van der Waals surface area contributed by atoms with Crippen LogP contribution in [0.5, 0.6) is 0 Å². The first kappa shape index (κ1) is 9.47. The van der Waals surface area contributed by atoms with E-state index in [2.05, 4.69) is 24.1 Å². The van der Waals surface area contributed by atoms with E-state index in [1.165, 1.54) is 38.9 Å². The minimum absolute atomic E-state index is 0.696. The topological polar surface area (TPSA) is 15.3 Å². The Hall–Kier alpha value is -0.0800. The lowest BCUT2D eigenvalue weighted by Gasteiger charge is -2.39. The van der Waals surface area contributed by atoms with E-state index in [-0.39, 0.29) is 0 Å². The Morgan fingerprint density at radius 2 is 2.15 bits per heavy atom. The highest BCUT2D eigenvalue weighted by Crippen LogP contribution is 2.36. The van der Waals surface area contributed by atoms with Gasteiger partial charge in [-0.3, -0.25) is 4.90 Å². The zero-order chi connectivity index (χ0) is 9.26. The molecule has 0 spiro atoms. The standard InChI is InChI=1S/C11H22N2/c1-3-6-13-8-9(2)12-7-11(13)10-4-5-10/h9-12H,3-8H2,1-2H3. The Kier molecular flexibility index (Phi) is 2.89. The van der Waals surface area contributed by atoms with E-state index in [9.17, 15) is 0 Å². The molecule has 1 saturated heterocycles. The van der Waals surface area contributed by atoms with Gasteiger partial charge in [-0.05, 0) is 38.6 Å². The van der Waals surface area contributed by atoms with Crippen molar-refractivity contribution in [1.82, 2.24) is 10.2 Å². The predicted octanol–water partition coefficient (Wildman–Crippen LogP) is 1.47. The summed E-state index contributed by atoms with van der Waals surface area (Å²) in [4.78, 5) is 2.71. The maximum atomic E-state index is 3.60. The number of rotatable bonds is 3. The van der Waals surface area contributed by atoms with Crippen LogP contribution >= 0.6 is 0 Å². The fourth-order valence-electron chi connectivity index (χ4n) is 2.49. The summed E-state index contributed by atoms with van der Waals surface area (Å²) in [6.07, 6.45) is 4.25. The fourth-order valence-corrected chi connectivity index (χ4v) is 2.49. The molecule has 1 aliphatic heterocycles. The smallest absolute Gasteiger partial charge is 0.0249 e. The van der Waals surface area contributed by atoms with Crippen LogP contribution in [0, 0.1) is 5.92 Å². The van der Waals surface area contributed by atoms with Crippen LogP contribution in [-0.4, -0.2) is 36.6 Å². The highest BCUT2D eigenvalue weighted by molar-refractivity contribution is 4.93. The molecule has 0 aromatic carbocycles. The van der Waals surface area contributed by atoms with Crippen molar-refractivity contribution in [2.24, 2.45) is 5.92 Å². The molecule has 1 N–H and O–H groups in total. The van der Waals surface area contributed by atoms with E-state index in [0.29, 0.717) is 6.04 Å². The highest BCUT2D eigenvalue weighted by Gasteiger charge is 2.37. The Morgan fingerprint density at radius 3 is 2.77 bits per heavy atom. The molecular formula is C11H22N2. The Bertz CT molecular complexity index is 165. The molecule has 13 heavy (non-hydrogen) atoms. The quantitative estimate of drug-likeness (QED) is 0.711. The van der Waals surface area contributed by atoms with Crippen molar-refractivity contribution in [2.45, 2.75) is 45.2 Å². The SMILES string of the molecule is CCCN1CC(C)NCC1C1CC1. The molecule has 2 rings (SSSR count). The maximum absolute atomic E-state index is 3.60. The van der Waals surface area contributed by atoms with Gasteiger partial charge >= 0.3 is 0 Å². The molecule has 1 heterocycles. The second-order valence-electron chi connectivity index (χ2n) is 4.71. The van der Waals surface area contributed by atoms with Crippen LogP contribution in [-0.2, 0) is 0 Å². The summed E-state index contributed by atoms with van der Waals surface area (Å²) >= 11 is 0. The molecule has 0 amide bonds. The summed E-state index contributed by atoms with van der Waals surface area (Å²) in [5, 5.41) is 3.60. The van der Waals surface area contributed by atoms with Crippen LogP contribution < -0.4 is 5.32 Å². The maximum Gasteiger partial charge on any atom is 0.0249 e. The molecule has 2 nitrogen and oxygen atoms in total. The molecule has 0 radical (unpaired) electrons. The van der Waals surface area contributed by atoms with Gasteiger partial charge in [-0.2, -0.15) is 0 Å². The Morgan fingerprint density at radius 1 is 1.38 bits per heavy atom. The molecule has 0 bridgehead atoms. The molecule has 0 aromatic heterocycles. The van der Waals surface area contributed by atoms with Crippen molar-refractivity contribution in [2.75, 3.05) is 19.6 Å². The van der Waals surface area contributed by atoms with E-state index in [1.54, 1.807) is 0 Å². The van der Waals surface area contributed by atoms with Crippen LogP contribution in [0.2, 0.25) is 0 Å². The van der Waals surface area contributed by atoms with Crippen molar-refractivity contribution in [3.8, 4) is 0 Å². The van der Waals surface area contributed by atoms with Crippen molar-refractivity contribution in [3.63, 3.8) is 0 Å². The first-order chi connectivity index (χ1) is 6.31. The third kappa shape index (κ3) is 2.23. The zero-order valence-electron chi connectivity index (χ0n) is 8.92. The van der Waals surface area contributed by atoms with Gasteiger partial charge in [-0.1, -0.05) is 6.92 Å². The van der Waals surface area contributed by atoms with Gasteiger partial charge in [-0.25, -0.2) is 0 Å². The third-order valence-corrected chi connectivity index (χ3v) is 3.33. The molecule has 2 heteroatoms. The fraction of sp³-hybridized carbons (Fsp3) is 1.00. The lowest BCUT2D eigenvalue weighted by Crippen LogP contribution is -2.56. The van der Waals surface area contributed by atoms with Crippen molar-refractivity contribution in [1.29, 1.82) is 0 Å². The number of hydrogen-bond acceptors (Lipinski definition) is 2. The number of piperazine rings is 1. The predicted molar refractivity (Wildman–Crippen MR) is 55.8 cm³/mol. The Labute approximate surface area is 81.7 Å². The monoisotopic (exact) mass is 182 g/mol. The zero-order valence-corrected chi connectivity index (χ0v) is 8.92. The molecular weight excluding hydrogens is 160 g/mol. The van der Waals surface area contributed by atoms with Gasteiger partial charge in [0.05, 0.1) is 0 Å². The molecule has 2 unspecified atom stereocenters. The average Bonchev–Trinajstić information content (AvgIpc) is 2.88. The molecule has 1 saturated carbocycles. The van der Waals surface area contributed by atoms with Gasteiger partial charge in [0.15, 0.2) is 0 Å². The second-order valence-corrected chi connectivity index (χ2v) is 4.71. The van der Waals surface area contributed by atoms with E-state index in [0.717, 1.165) is 12.0 Å². The van der Waals surface area contributed by atoms with Gasteiger partial charge in [0.25, 0.3) is 0 Å². The lowest BCUT2D eigenvalue weighted by molar-refractivity contribution is 0.120. The van der Waals surface area contributed by atoms with E-state index in [1.807, 2.05) is 0 Å². The first-order valence-electron chi connectivity index (χ1n) is 5.78. The largest absolute Gasteiger partial charge is 0.311 e. The molecule has 2 atom stereocenters. The summed E-state index contributed by atoms with van der Waals surface area (Å²) in [6, 6.07) is 1.55. The van der Waals surface area contributed by atoms with Gasteiger partial charge < -0.3 is 5.32 Å². The normalized spacial score (nSPS) is 36.5. The summed E-state index contributed by atoms with van der Waals surface area (Å²) in [5.41, 5.74) is 0. The summed E-state index contributed by atoms with van der Waals surface area (Å²) in [5.74, 6) is 1.02. The summed E-state index contributed by atoms with van der Waals surface area (Å²) < 4.78 is 0. The number of nitrogens with one attached hydrogen (secondary N) is 1. The minimum atomic E-state index is 0.696. The average molecular weight is 182 g/mol. The summed E-state index contributed by atoms with van der Waals surface area (Å²) in [6.45, 7) is 8.37. The van der Waals surface area contributed by atoms with Gasteiger partial charge in [0, 0.05) is 25.2 Å². The lowest BCUT2D eigenvalue weighted by atomic mass is 10.1. The minimum Gasteiger partial charge on any atom is -0.311 e. The van der Waals surface area contributed by atoms with Gasteiger partial charge in [0.1, 0.15) is 0 Å². The van der Waals surface area contributed by atoms with Crippen LogP contribution in [0.3, 0.4) is 0 Å². The third-order valence-electron chi connectivity index (χ3n) is 3.33. The summed E-state index contributed by atoms with van der Waals surface area (Å²) in [7, 11) is 0. The van der Waals surface area contributed by atoms with Crippen LogP contribution in [0.25, 0.3) is 0 Å². The molecule has 2 fully saturated rings. The molecule has 1 aliphatic carbocycles. The molecule has 2 aliphatic rings. The van der Waals surface area contributed by atoms with Crippen LogP contribution in [0.1, 0.15) is 33.1 Å². The number of nitrogens with zero attached hydrogens (tertiary/aromatic N) is 1. The highest BCUT2D eigenvalue weighted by atomic mass is 15.2. The van der Waals surface area contributed by atoms with Gasteiger partial charge in [0.2, 0.25) is 0 Å². The molecule has 76 valence electrons. The van der Waals surface area contributed by atoms with Crippen molar-refractivity contribution < 1.29 is 0 Å². The van der Waals surface area contributed by atoms with E-state index in [4.69, 9.17) is 0 Å². The first-order valence-corrected chi connectivity index (χ1v) is 5.78. The van der Waals surface area contributed by atoms with Gasteiger partial charge in [-0.15, -0.1) is 0 Å². The van der Waals surface area contributed by atoms with Crippen LogP contribution in [0.4, 0.5) is 0 Å². The number of hydrogen-bond donors (Lipinski definition) is 1. The van der Waals surface area contributed by atoms with E-state index >= 15 is 0 Å². The van der Waals surface area contributed by atoms with Crippen molar-refractivity contribution >= 4 is 0 Å². The second kappa shape index (κ2) is 3.97. The van der Waals surface area contributed by atoms with E-state index < -0.39 is 0 Å². The Balaban J connectivity index is 1.90.